The van der Waals surface area contributed by atoms with E-state index in [4.69, 9.17) is 48.1 Å². The number of benzene rings is 8. The van der Waals surface area contributed by atoms with Crippen LogP contribution in [0.1, 0.15) is 128 Å². The molecule has 8 aromatic carbocycles. The van der Waals surface area contributed by atoms with Gasteiger partial charge in [0, 0.05) is 84.1 Å². The molecule has 36 heteroatoms. The van der Waals surface area contributed by atoms with E-state index in [1.807, 2.05) is 121 Å². The SMILES string of the molecule is Cc1nc(NC(=O)C2(c3ccc4c(c3)OCO4)CC2)ccc1-c1cccc(C(C)C)c1.O=C(Nc1cccc(-c2ccc(S(=O)(=O)N3CCCCC3CO)cc2)n1)C1(c2ccc3c(c2)OCO3)CC1.O=C(Nc1cccc(-c2ccc(S(=O)(=O)N3CCN(CCO)CC3)cc2)n1)C1(c2ccc3c(c2)OCO3)CC1.O=C(Nc1cccc(-c2ccc(S(=O)(=O)NCCO)cc2)n1)C1(c2ccc3c(c2)OCO3)CC1.[HH].[HH].[HH]. The highest BCUT2D eigenvalue weighted by Gasteiger charge is 2.55. The zero-order valence-electron chi connectivity index (χ0n) is 78.4. The lowest BCUT2D eigenvalue weighted by Crippen LogP contribution is -2.49. The number of aliphatic hydroxyl groups is 3. The van der Waals surface area contributed by atoms with Gasteiger partial charge < -0.3 is 74.5 Å². The van der Waals surface area contributed by atoms with E-state index in [1.165, 1.54) is 26.3 Å². The number of ether oxygens (including phenoxy) is 8. The topological polar surface area (TPSA) is 427 Å². The number of hydrogen-bond acceptors (Lipinski definition) is 26. The summed E-state index contributed by atoms with van der Waals surface area (Å²) in [5.74, 6) is 7.36. The summed E-state index contributed by atoms with van der Waals surface area (Å²) in [6, 6.07) is 70.2. The molecule has 12 aromatic rings. The van der Waals surface area contributed by atoms with Gasteiger partial charge in [0.2, 0.25) is 80.9 Å². The zero-order chi connectivity index (χ0) is 98.7. The van der Waals surface area contributed by atoms with Gasteiger partial charge in [0.25, 0.3) is 0 Å². The summed E-state index contributed by atoms with van der Waals surface area (Å²) in [5, 5.41) is 39.5. The molecule has 10 heterocycles. The number of pyridine rings is 4. The summed E-state index contributed by atoms with van der Waals surface area (Å²) >= 11 is 0. The Hall–Kier alpha value is -13.8. The second-order valence-corrected chi connectivity index (χ2v) is 42.5. The largest absolute Gasteiger partial charge is 0.454 e. The van der Waals surface area contributed by atoms with Gasteiger partial charge in [0.1, 0.15) is 23.3 Å². The highest BCUT2D eigenvalue weighted by atomic mass is 32.2. The second-order valence-electron chi connectivity index (χ2n) is 36.9. The fourth-order valence-electron chi connectivity index (χ4n) is 18.6. The summed E-state index contributed by atoms with van der Waals surface area (Å²) in [6.45, 7) is 9.61. The predicted octanol–water partition coefficient (Wildman–Crippen LogP) is 14.9. The lowest BCUT2D eigenvalue weighted by molar-refractivity contribution is -0.119. The molecule has 1 unspecified atom stereocenters. The molecule has 2 saturated heterocycles. The van der Waals surface area contributed by atoms with Crippen LogP contribution < -0.4 is 63.9 Å². The van der Waals surface area contributed by atoms with Gasteiger partial charge in [-0.15, -0.1) is 0 Å². The molecule has 1 atom stereocenters. The molecule has 4 saturated carbocycles. The lowest BCUT2D eigenvalue weighted by atomic mass is 9.94. The molecule has 0 bridgehead atoms. The number of β-amino-alcohol motifs (C(OH)–C–C–N with tert-alkyl or cyclic N) is 1. The first-order chi connectivity index (χ1) is 68.7. The second kappa shape index (κ2) is 40.7. The van der Waals surface area contributed by atoms with Crippen LogP contribution in [-0.2, 0) is 70.9 Å². The lowest BCUT2D eigenvalue weighted by Gasteiger charge is -2.33. The van der Waals surface area contributed by atoms with Gasteiger partial charge in [0.15, 0.2) is 46.0 Å². The molecular weight excluding hydrogens is 1870 g/mol. The smallest absolute Gasteiger partial charge is 0.243 e. The molecule has 4 aromatic heterocycles. The van der Waals surface area contributed by atoms with E-state index in [-0.39, 0.29) is 102 Å². The van der Waals surface area contributed by atoms with E-state index in [9.17, 15) is 49.5 Å². The Bertz CT molecular complexity index is 7160. The van der Waals surface area contributed by atoms with Gasteiger partial charge in [-0.3, -0.25) is 24.1 Å². The van der Waals surface area contributed by atoms with Crippen LogP contribution in [0.25, 0.3) is 44.9 Å². The average molecular weight is 1990 g/mol. The number of carbonyl (C=O) groups is 4. The molecule has 0 spiro atoms. The van der Waals surface area contributed by atoms with Crippen molar-refractivity contribution in [1.82, 2.24) is 38.2 Å². The normalized spacial score (nSPS) is 17.7. The molecule has 4 amide bonds. The van der Waals surface area contributed by atoms with Crippen LogP contribution in [0.3, 0.4) is 0 Å². The van der Waals surface area contributed by atoms with E-state index in [0.29, 0.717) is 138 Å². The number of anilines is 4. The first-order valence-electron chi connectivity index (χ1n) is 47.4. The number of aryl methyl sites for hydroxylation is 1. The van der Waals surface area contributed by atoms with Crippen molar-refractivity contribution in [3.63, 3.8) is 0 Å². The number of nitrogens with one attached hydrogen (secondary N) is 5. The Morgan fingerprint density at radius 3 is 1.13 bits per heavy atom. The molecule has 22 rings (SSSR count). The molecule has 0 radical (unpaired) electrons. The molecule has 4 aliphatic carbocycles. The van der Waals surface area contributed by atoms with Crippen LogP contribution in [0, 0.1) is 6.92 Å². The Kier molecular flexibility index (Phi) is 27.8. The molecule has 10 aliphatic rings. The maximum atomic E-state index is 13.3. The standard InChI is InChI=1S/C28H30N4O6S.C28H29N3O6S.C26H26N2O3.C24H23N3O6S.3H2/c33-17-16-31-12-14-32(15-13-31)39(35,36)22-7-4-20(5-8-22)23-2-1-3-26(29-23)30-27(34)28(10-11-28)21-6-9-24-25(18-21)38-19-37-24;32-17-21-4-1-2-15-31(21)38(34,35)22-10-7-19(8-11-22)23-5-3-6-26(29-23)30-27(33)28(13-14-28)20-9-12-24-25(16-20)37-18-36-24;1-16(2)18-5-4-6-19(13-18)21-8-10-24(27-17(21)3)28-25(29)26(11-12-26)20-7-9-22-23(14-20)31-15-30-22;28-13-12-25-34(30,31)18-7-4-16(5-8-18)19-2-1-3-22(26-19)27-23(29)24(10-11-24)17-6-9-20-21(14-17)33-15-32-20;;;/h1-9,18,33H,10-17,19H2,(H,29,30,34);3,5-12,16,21,32H,1-2,4,13-15,17-18H2,(H,29,30,33);4-10,13-14,16H,11-12,15H2,1-3H3,(H,27,28,29);1-9,14,25,28H,10-13,15H2,(H,26,27,29);3*1H. The van der Waals surface area contributed by atoms with Gasteiger partial charge in [-0.1, -0.05) is 123 Å². The molecule has 6 fully saturated rings. The number of piperidine rings is 1. The van der Waals surface area contributed by atoms with Crippen molar-refractivity contribution in [2.24, 2.45) is 0 Å². The third kappa shape index (κ3) is 20.6. The molecule has 8 N–H and O–H groups in total. The van der Waals surface area contributed by atoms with Crippen molar-refractivity contribution in [2.45, 2.75) is 140 Å². The zero-order valence-corrected chi connectivity index (χ0v) is 80.8. The van der Waals surface area contributed by atoms with Crippen molar-refractivity contribution in [2.75, 3.05) is 114 Å². The number of carbonyl (C=O) groups excluding carboxylic acids is 4. The van der Waals surface area contributed by atoms with E-state index < -0.39 is 51.7 Å². The Balaban J connectivity index is 0.000000138. The van der Waals surface area contributed by atoms with Gasteiger partial charge in [0.05, 0.1) is 73.2 Å². The molecule has 6 aliphatic heterocycles. The predicted molar refractivity (Wildman–Crippen MR) is 535 cm³/mol. The first-order valence-corrected chi connectivity index (χ1v) is 51.8. The fraction of sp³-hybridized carbons (Fsp3) is 0.321. The molecular formula is C106H114N12O21S3. The number of aliphatic hydroxyl groups excluding tert-OH is 3. The summed E-state index contributed by atoms with van der Waals surface area (Å²) in [7, 11) is -11.0. The van der Waals surface area contributed by atoms with Crippen molar-refractivity contribution in [3.05, 3.63) is 270 Å². The summed E-state index contributed by atoms with van der Waals surface area (Å²) in [5.41, 5.74) is 9.72. The first kappa shape index (κ1) is 97.1. The maximum Gasteiger partial charge on any atom is 0.243 e. The van der Waals surface area contributed by atoms with Crippen LogP contribution in [0.4, 0.5) is 23.3 Å². The number of rotatable bonds is 28. The van der Waals surface area contributed by atoms with Gasteiger partial charge in [-0.25, -0.2) is 49.9 Å². The van der Waals surface area contributed by atoms with Crippen molar-refractivity contribution >= 4 is 77.0 Å². The Morgan fingerprint density at radius 1 is 0.394 bits per heavy atom. The van der Waals surface area contributed by atoms with Crippen LogP contribution in [0.15, 0.2) is 251 Å². The van der Waals surface area contributed by atoms with Crippen molar-refractivity contribution < 1.29 is 102 Å². The number of aromatic nitrogens is 4. The minimum absolute atomic E-state index is 0. The summed E-state index contributed by atoms with van der Waals surface area (Å²) in [6.07, 6.45) is 8.41. The molecule has 742 valence electrons. The van der Waals surface area contributed by atoms with E-state index in [0.717, 1.165) is 120 Å². The summed E-state index contributed by atoms with van der Waals surface area (Å²) < 4.78 is 126. The van der Waals surface area contributed by atoms with Gasteiger partial charge in [-0.2, -0.15) is 8.61 Å². The Morgan fingerprint density at radius 2 is 0.768 bits per heavy atom. The highest BCUT2D eigenvalue weighted by molar-refractivity contribution is 7.90. The van der Waals surface area contributed by atoms with Crippen LogP contribution in [0.2, 0.25) is 0 Å². The number of piperazine rings is 1. The quantitative estimate of drug-likeness (QED) is 0.0226. The molecule has 33 nitrogen and oxygen atoms in total. The highest BCUT2D eigenvalue weighted by Crippen LogP contribution is 2.56. The number of hydrogen-bond donors (Lipinski definition) is 8. The third-order valence-electron chi connectivity index (χ3n) is 27.5. The average Bonchev–Trinajstić information content (AvgIpc) is 1.58. The van der Waals surface area contributed by atoms with E-state index in [1.54, 1.807) is 91.0 Å². The van der Waals surface area contributed by atoms with Gasteiger partial charge in [-0.05, 0) is 244 Å². The fourth-order valence-corrected chi connectivity index (χ4v) is 22.7. The minimum atomic E-state index is -3.71. The van der Waals surface area contributed by atoms with Crippen LogP contribution >= 0.6 is 0 Å². The van der Waals surface area contributed by atoms with Crippen molar-refractivity contribution in [1.29, 1.82) is 0 Å². The molecule has 142 heavy (non-hydrogen) atoms. The van der Waals surface area contributed by atoms with Crippen LogP contribution in [-0.4, -0.2) is 196 Å². The van der Waals surface area contributed by atoms with E-state index in [2.05, 4.69) is 84.0 Å². The number of sulfonamides is 3. The number of fused-ring (bicyclic) bond motifs is 4. The summed E-state index contributed by atoms with van der Waals surface area (Å²) in [4.78, 5) is 73.9. The number of nitrogens with zero attached hydrogens (tertiary/aromatic N) is 7. The monoisotopic (exact) mass is 1990 g/mol. The van der Waals surface area contributed by atoms with Gasteiger partial charge >= 0.3 is 0 Å². The maximum absolute atomic E-state index is 13.3. The van der Waals surface area contributed by atoms with E-state index >= 15 is 0 Å². The third-order valence-corrected chi connectivity index (χ3v) is 32.9. The number of amides is 4. The Labute approximate surface area is 826 Å². The van der Waals surface area contributed by atoms with Crippen LogP contribution in [0.5, 0.6) is 46.0 Å². The van der Waals surface area contributed by atoms with Crippen molar-refractivity contribution in [3.8, 4) is 90.9 Å². The minimum Gasteiger partial charge on any atom is -0.454 e.